The second-order valence-electron chi connectivity index (χ2n) is 5.10. The molecule has 0 radical (unpaired) electrons. The highest BCUT2D eigenvalue weighted by molar-refractivity contribution is 9.10. The van der Waals surface area contributed by atoms with Crippen LogP contribution in [0.4, 0.5) is 0 Å². The van der Waals surface area contributed by atoms with E-state index in [9.17, 15) is 0 Å². The number of halogens is 1. The largest absolute Gasteiger partial charge is 0.344 e. The molecule has 3 nitrogen and oxygen atoms in total. The molecule has 2 N–H and O–H groups in total. The van der Waals surface area contributed by atoms with Crippen molar-refractivity contribution in [2.75, 3.05) is 6.54 Å². The van der Waals surface area contributed by atoms with Gasteiger partial charge in [0.15, 0.2) is 0 Å². The zero-order valence-corrected chi connectivity index (χ0v) is 14.2. The number of nitrogens with one attached hydrogen (secondary N) is 2. The molecular formula is C15H20BrN3S. The molecule has 1 heterocycles. The van der Waals surface area contributed by atoms with Gasteiger partial charge in [-0.05, 0) is 40.5 Å². The average Bonchev–Trinajstić information content (AvgIpc) is 2.85. The van der Waals surface area contributed by atoms with Crippen molar-refractivity contribution >= 4 is 27.7 Å². The molecule has 0 aliphatic carbocycles. The van der Waals surface area contributed by atoms with Gasteiger partial charge in [-0.15, -0.1) is 11.8 Å². The van der Waals surface area contributed by atoms with Gasteiger partial charge in [0.05, 0.1) is 5.75 Å². The zero-order valence-electron chi connectivity index (χ0n) is 11.8. The maximum atomic E-state index is 4.43. The normalized spacial score (nSPS) is 11.2. The van der Waals surface area contributed by atoms with Gasteiger partial charge in [0.1, 0.15) is 5.82 Å². The molecular weight excluding hydrogens is 334 g/mol. The summed E-state index contributed by atoms with van der Waals surface area (Å²) in [5, 5.41) is 3.41. The summed E-state index contributed by atoms with van der Waals surface area (Å²) in [5.74, 6) is 2.54. The van der Waals surface area contributed by atoms with E-state index in [0.29, 0.717) is 5.92 Å². The van der Waals surface area contributed by atoms with Crippen molar-refractivity contribution in [3.05, 3.63) is 46.5 Å². The van der Waals surface area contributed by atoms with E-state index in [4.69, 9.17) is 0 Å². The summed E-state index contributed by atoms with van der Waals surface area (Å²) in [5.41, 5.74) is 1.15. The number of hydrogen-bond acceptors (Lipinski definition) is 3. The van der Waals surface area contributed by atoms with E-state index in [0.717, 1.165) is 34.8 Å². The van der Waals surface area contributed by atoms with E-state index in [2.05, 4.69) is 63.3 Å². The summed E-state index contributed by atoms with van der Waals surface area (Å²) >= 11 is 5.34. The molecule has 0 fully saturated rings. The third kappa shape index (κ3) is 4.96. The number of H-pyrrole nitrogens is 1. The Morgan fingerprint density at radius 2 is 2.15 bits per heavy atom. The Labute approximate surface area is 133 Å². The number of rotatable bonds is 7. The Kier molecular flexibility index (Phi) is 6.13. The van der Waals surface area contributed by atoms with Crippen molar-refractivity contribution < 1.29 is 0 Å². The third-order valence-electron chi connectivity index (χ3n) is 2.75. The molecule has 0 atom stereocenters. The molecule has 0 saturated heterocycles. The van der Waals surface area contributed by atoms with Crippen molar-refractivity contribution in [2.45, 2.75) is 31.0 Å². The molecule has 20 heavy (non-hydrogen) atoms. The van der Waals surface area contributed by atoms with Crippen LogP contribution in [0, 0.1) is 5.92 Å². The highest BCUT2D eigenvalue weighted by atomic mass is 79.9. The molecule has 0 spiro atoms. The summed E-state index contributed by atoms with van der Waals surface area (Å²) in [7, 11) is 0. The fraction of sp³-hybridized carbons (Fsp3) is 0.400. The Hall–Kier alpha value is -0.780. The van der Waals surface area contributed by atoms with Crippen LogP contribution in [0.3, 0.4) is 0 Å². The fourth-order valence-electron chi connectivity index (χ4n) is 1.77. The fourth-order valence-corrected chi connectivity index (χ4v) is 3.22. The Morgan fingerprint density at radius 1 is 1.35 bits per heavy atom. The molecule has 0 bridgehead atoms. The number of imidazole rings is 1. The van der Waals surface area contributed by atoms with Crippen LogP contribution in [0.2, 0.25) is 0 Å². The lowest BCUT2D eigenvalue weighted by atomic mass is 10.2. The van der Waals surface area contributed by atoms with Crippen LogP contribution in [0.1, 0.15) is 25.4 Å². The van der Waals surface area contributed by atoms with Crippen LogP contribution in [0.25, 0.3) is 0 Å². The minimum absolute atomic E-state index is 0.670. The number of hydrogen-bond donors (Lipinski definition) is 2. The summed E-state index contributed by atoms with van der Waals surface area (Å²) in [6, 6.07) is 8.25. The van der Waals surface area contributed by atoms with Gasteiger partial charge in [-0.25, -0.2) is 4.98 Å². The first kappa shape index (κ1) is 15.6. The van der Waals surface area contributed by atoms with Gasteiger partial charge < -0.3 is 10.3 Å². The van der Waals surface area contributed by atoms with Crippen LogP contribution < -0.4 is 5.32 Å². The molecule has 2 rings (SSSR count). The lowest BCUT2D eigenvalue weighted by Crippen LogP contribution is -2.19. The SMILES string of the molecule is CC(C)CNCc1cnc(CSc2ccccc2Br)[nH]1. The van der Waals surface area contributed by atoms with E-state index in [1.165, 1.54) is 4.90 Å². The number of aromatic amines is 1. The van der Waals surface area contributed by atoms with Crippen molar-refractivity contribution in [2.24, 2.45) is 5.92 Å². The summed E-state index contributed by atoms with van der Waals surface area (Å²) < 4.78 is 1.13. The van der Waals surface area contributed by atoms with Gasteiger partial charge in [-0.3, -0.25) is 0 Å². The molecule has 108 valence electrons. The topological polar surface area (TPSA) is 40.7 Å². The van der Waals surface area contributed by atoms with Crippen LogP contribution in [-0.4, -0.2) is 16.5 Å². The van der Waals surface area contributed by atoms with Crippen LogP contribution in [0.5, 0.6) is 0 Å². The molecule has 0 saturated carbocycles. The smallest absolute Gasteiger partial charge is 0.116 e. The van der Waals surface area contributed by atoms with Gasteiger partial charge in [0, 0.05) is 27.8 Å². The van der Waals surface area contributed by atoms with Gasteiger partial charge in [-0.2, -0.15) is 0 Å². The summed E-state index contributed by atoms with van der Waals surface area (Å²) in [4.78, 5) is 9.03. The predicted octanol–water partition coefficient (Wildman–Crippen LogP) is 4.21. The van der Waals surface area contributed by atoms with Gasteiger partial charge in [0.25, 0.3) is 0 Å². The van der Waals surface area contributed by atoms with Crippen molar-refractivity contribution in [3.8, 4) is 0 Å². The van der Waals surface area contributed by atoms with E-state index < -0.39 is 0 Å². The summed E-state index contributed by atoms with van der Waals surface area (Å²) in [6.07, 6.45) is 1.92. The minimum atomic E-state index is 0.670. The highest BCUT2D eigenvalue weighted by Gasteiger charge is 2.04. The molecule has 1 aromatic carbocycles. The second-order valence-corrected chi connectivity index (χ2v) is 6.97. The molecule has 0 unspecified atom stereocenters. The third-order valence-corrected chi connectivity index (χ3v) is 4.79. The van der Waals surface area contributed by atoms with Crippen molar-refractivity contribution in [3.63, 3.8) is 0 Å². The molecule has 2 aromatic rings. The first-order valence-electron chi connectivity index (χ1n) is 6.76. The Bertz CT molecular complexity index is 539. The standard InChI is InChI=1S/C15H20BrN3S/c1-11(2)7-17-8-12-9-18-15(19-12)10-20-14-6-4-3-5-13(14)16/h3-6,9,11,17H,7-8,10H2,1-2H3,(H,18,19). The number of nitrogens with zero attached hydrogens (tertiary/aromatic N) is 1. The molecule has 0 aliphatic rings. The van der Waals surface area contributed by atoms with Crippen LogP contribution in [-0.2, 0) is 12.3 Å². The minimum Gasteiger partial charge on any atom is -0.344 e. The maximum Gasteiger partial charge on any atom is 0.116 e. The van der Waals surface area contributed by atoms with E-state index >= 15 is 0 Å². The van der Waals surface area contributed by atoms with Gasteiger partial charge >= 0.3 is 0 Å². The van der Waals surface area contributed by atoms with E-state index in [1.54, 1.807) is 11.8 Å². The van der Waals surface area contributed by atoms with E-state index in [1.807, 2.05) is 12.3 Å². The number of thioether (sulfide) groups is 1. The lowest BCUT2D eigenvalue weighted by molar-refractivity contribution is 0.549. The number of aromatic nitrogens is 2. The predicted molar refractivity (Wildman–Crippen MR) is 88.8 cm³/mol. The van der Waals surface area contributed by atoms with Crippen LogP contribution >= 0.6 is 27.7 Å². The van der Waals surface area contributed by atoms with Gasteiger partial charge in [0.2, 0.25) is 0 Å². The van der Waals surface area contributed by atoms with Crippen molar-refractivity contribution in [1.82, 2.24) is 15.3 Å². The first-order valence-corrected chi connectivity index (χ1v) is 8.54. The Morgan fingerprint density at radius 3 is 2.90 bits per heavy atom. The van der Waals surface area contributed by atoms with Crippen LogP contribution in [0.15, 0.2) is 39.8 Å². The van der Waals surface area contributed by atoms with Crippen molar-refractivity contribution in [1.29, 1.82) is 0 Å². The molecule has 5 heteroatoms. The molecule has 0 aliphatic heterocycles. The summed E-state index contributed by atoms with van der Waals surface area (Å²) in [6.45, 7) is 6.30. The highest BCUT2D eigenvalue weighted by Crippen LogP contribution is 2.28. The second kappa shape index (κ2) is 7.86. The first-order chi connectivity index (χ1) is 9.65. The number of benzene rings is 1. The maximum absolute atomic E-state index is 4.43. The van der Waals surface area contributed by atoms with E-state index in [-0.39, 0.29) is 0 Å². The van der Waals surface area contributed by atoms with Gasteiger partial charge in [-0.1, -0.05) is 26.0 Å². The average molecular weight is 354 g/mol. The molecule has 1 aromatic heterocycles. The zero-order chi connectivity index (χ0) is 14.4. The quantitative estimate of drug-likeness (QED) is 0.732. The molecule has 0 amide bonds. The monoisotopic (exact) mass is 353 g/mol. The lowest BCUT2D eigenvalue weighted by Gasteiger charge is -2.05. The Balaban J connectivity index is 1.82.